The van der Waals surface area contributed by atoms with Gasteiger partial charge in [-0.1, -0.05) is 0 Å². The molecule has 0 unspecified atom stereocenters. The molecule has 0 bridgehead atoms. The quantitative estimate of drug-likeness (QED) is 0.398. The van der Waals surface area contributed by atoms with E-state index >= 15 is 0 Å². The van der Waals surface area contributed by atoms with Crippen LogP contribution in [0.2, 0.25) is 0 Å². The number of hydrogen-bond donors (Lipinski definition) is 1. The van der Waals surface area contributed by atoms with Crippen molar-refractivity contribution in [2.24, 2.45) is 0 Å². The summed E-state index contributed by atoms with van der Waals surface area (Å²) in [6.07, 6.45) is 0. The van der Waals surface area contributed by atoms with Crippen LogP contribution in [-0.2, 0) is 9.08 Å². The molecule has 0 aliphatic rings. The number of carbonyl (C=O) groups is 1. The molecule has 6 heteroatoms. The van der Waals surface area contributed by atoms with Crippen molar-refractivity contribution in [3.63, 3.8) is 0 Å². The molecule has 0 aliphatic heterocycles. The van der Waals surface area contributed by atoms with Crippen LogP contribution in [0.15, 0.2) is 0 Å². The summed E-state index contributed by atoms with van der Waals surface area (Å²) < 4.78 is 3.48. The molecule has 0 saturated heterocycles. The Kier molecular flexibility index (Phi) is 22.4. The molecule has 0 heterocycles. The number of carbonyl (C=O) groups excluding carboxylic acids is 1. The van der Waals surface area contributed by atoms with E-state index < -0.39 is 12.6 Å². The monoisotopic (exact) mass is 164 g/mol. The minimum atomic E-state index is -0.836. The van der Waals surface area contributed by atoms with Crippen molar-refractivity contribution in [1.82, 2.24) is 0 Å². The topological polar surface area (TPSA) is 46.5 Å². The molecule has 0 spiro atoms. The van der Waals surface area contributed by atoms with E-state index in [0.717, 1.165) is 0 Å². The predicted molar refractivity (Wildman–Crippen MR) is 30.1 cm³/mol. The van der Waals surface area contributed by atoms with Gasteiger partial charge in [0.1, 0.15) is 18.5 Å². The molecule has 0 aliphatic carbocycles. The first kappa shape index (κ1) is 16.1. The summed E-state index contributed by atoms with van der Waals surface area (Å²) in [6, 6.07) is 0. The molecule has 0 saturated carbocycles. The Balaban J connectivity index is -0.0000000417. The number of aliphatic hydroxyl groups excluding tert-OH is 1. The Labute approximate surface area is 86.4 Å². The van der Waals surface area contributed by atoms with E-state index in [-0.39, 0.29) is 48.3 Å². The zero-order chi connectivity index (χ0) is 4.99. The summed E-state index contributed by atoms with van der Waals surface area (Å²) in [6.45, 7) is -0.663. The van der Waals surface area contributed by atoms with Gasteiger partial charge in [-0.2, -0.15) is 0 Å². The Bertz CT molecular complexity index is 59.8. The first-order valence-corrected chi connectivity index (χ1v) is 1.54. The average Bonchev–Trinajstić information content (AvgIpc) is 1.65. The molecule has 44 valence electrons. The van der Waals surface area contributed by atoms with Gasteiger partial charge in [-0.05, 0) is 0 Å². The molecule has 0 aromatic heterocycles. The second-order valence-corrected chi connectivity index (χ2v) is 0.762. The standard InChI is InChI=1S/C2H3ClO3.Al.Na.4H/c3-6-2(5)1-4;;;;;;/h4H,1H2;;;;;;/q;;+1;;;;-1. The second-order valence-electron chi connectivity index (χ2n) is 0.607. The molecule has 0 aromatic carbocycles. The minimum absolute atomic E-state index is 0. The van der Waals surface area contributed by atoms with E-state index in [4.69, 9.17) is 5.11 Å². The summed E-state index contributed by atoms with van der Waals surface area (Å²) in [5.41, 5.74) is 0. The van der Waals surface area contributed by atoms with Crippen LogP contribution in [0.4, 0.5) is 0 Å². The van der Waals surface area contributed by atoms with Gasteiger partial charge in [0.2, 0.25) is 0 Å². The Hall–Kier alpha value is 1.25. The van der Waals surface area contributed by atoms with Gasteiger partial charge in [-0.3, -0.25) is 0 Å². The Morgan fingerprint density at radius 2 is 2.25 bits per heavy atom. The van der Waals surface area contributed by atoms with Crippen LogP contribution < -0.4 is 29.6 Å². The van der Waals surface area contributed by atoms with Gasteiger partial charge in [0.25, 0.3) is 0 Å². The molecule has 0 amide bonds. The molecule has 0 rings (SSSR count). The zero-order valence-corrected chi connectivity index (χ0v) is 6.60. The van der Waals surface area contributed by atoms with Gasteiger partial charge < -0.3 is 10.8 Å². The first-order valence-electron chi connectivity index (χ1n) is 1.23. The van der Waals surface area contributed by atoms with Gasteiger partial charge in [0, 0.05) is 0 Å². The fourth-order valence-electron chi connectivity index (χ4n) is 0.0244. The zero-order valence-electron chi connectivity index (χ0n) is 4.85. The van der Waals surface area contributed by atoms with Crippen molar-refractivity contribution in [3.8, 4) is 0 Å². The molecule has 0 atom stereocenters. The first-order chi connectivity index (χ1) is 2.81. The van der Waals surface area contributed by atoms with E-state index in [1.165, 1.54) is 0 Å². The van der Waals surface area contributed by atoms with Crippen LogP contribution in [-0.4, -0.2) is 35.0 Å². The number of rotatable bonds is 1. The summed E-state index contributed by atoms with van der Waals surface area (Å²) in [5.74, 6) is -0.836. The van der Waals surface area contributed by atoms with Gasteiger partial charge >= 0.3 is 35.5 Å². The molecular formula is C2H7AlClNaO3. The third-order valence-electron chi connectivity index (χ3n) is 0.215. The van der Waals surface area contributed by atoms with Crippen molar-refractivity contribution < 1.29 is 45.2 Å². The van der Waals surface area contributed by atoms with Crippen molar-refractivity contribution in [2.45, 2.75) is 0 Å². The molecular weight excluding hydrogens is 157 g/mol. The van der Waals surface area contributed by atoms with Crippen LogP contribution in [0.3, 0.4) is 0 Å². The third kappa shape index (κ3) is 10.3. The van der Waals surface area contributed by atoms with Crippen molar-refractivity contribution in [3.05, 3.63) is 0 Å². The molecule has 3 nitrogen and oxygen atoms in total. The maximum Gasteiger partial charge on any atom is 1.00 e. The summed E-state index contributed by atoms with van der Waals surface area (Å²) in [5, 5.41) is 7.78. The van der Waals surface area contributed by atoms with Crippen molar-refractivity contribution in [2.75, 3.05) is 6.61 Å². The number of halogens is 1. The Morgan fingerprint density at radius 3 is 2.25 bits per heavy atom. The SMILES string of the molecule is O=C(CO)OCl.[AlH3].[H-].[Na+]. The van der Waals surface area contributed by atoms with E-state index in [1.807, 2.05) is 0 Å². The van der Waals surface area contributed by atoms with Crippen molar-refractivity contribution in [1.29, 1.82) is 0 Å². The molecule has 0 aromatic rings. The summed E-state index contributed by atoms with van der Waals surface area (Å²) in [7, 11) is 0. The van der Waals surface area contributed by atoms with E-state index in [0.29, 0.717) is 0 Å². The molecule has 0 fully saturated rings. The number of hydrogen-bond acceptors (Lipinski definition) is 3. The van der Waals surface area contributed by atoms with Gasteiger partial charge in [-0.15, -0.1) is 0 Å². The van der Waals surface area contributed by atoms with Crippen LogP contribution in [0, 0.1) is 0 Å². The van der Waals surface area contributed by atoms with Crippen LogP contribution in [0.25, 0.3) is 0 Å². The van der Waals surface area contributed by atoms with E-state index in [9.17, 15) is 4.79 Å². The van der Waals surface area contributed by atoms with Crippen molar-refractivity contribution >= 4 is 35.2 Å². The van der Waals surface area contributed by atoms with Gasteiger partial charge in [-0.25, -0.2) is 4.79 Å². The summed E-state index contributed by atoms with van der Waals surface area (Å²) in [4.78, 5) is 9.58. The van der Waals surface area contributed by atoms with Crippen LogP contribution in [0.5, 0.6) is 0 Å². The largest absolute Gasteiger partial charge is 1.00 e. The molecule has 0 radical (unpaired) electrons. The minimum Gasteiger partial charge on any atom is -1.00 e. The fraction of sp³-hybridized carbons (Fsp3) is 0.500. The molecule has 8 heavy (non-hydrogen) atoms. The maximum atomic E-state index is 9.58. The molecule has 1 N–H and O–H groups in total. The van der Waals surface area contributed by atoms with E-state index in [1.54, 1.807) is 0 Å². The third-order valence-corrected chi connectivity index (χ3v) is 0.387. The van der Waals surface area contributed by atoms with E-state index in [2.05, 4.69) is 16.2 Å². The van der Waals surface area contributed by atoms with Crippen LogP contribution in [0.1, 0.15) is 1.43 Å². The normalized spacial score (nSPS) is 5.75. The average molecular weight is 165 g/mol. The fourth-order valence-corrected chi connectivity index (χ4v) is 0.0732. The number of aliphatic hydroxyl groups is 1. The maximum absolute atomic E-state index is 9.58. The van der Waals surface area contributed by atoms with Crippen LogP contribution >= 0.6 is 11.9 Å². The smallest absolute Gasteiger partial charge is 1.00 e. The Morgan fingerprint density at radius 1 is 1.88 bits per heavy atom. The summed E-state index contributed by atoms with van der Waals surface area (Å²) >= 11 is 4.44. The second kappa shape index (κ2) is 11.1. The van der Waals surface area contributed by atoms with Gasteiger partial charge in [0.05, 0.1) is 0 Å². The van der Waals surface area contributed by atoms with Gasteiger partial charge in [0.15, 0.2) is 17.4 Å². The predicted octanol–water partition coefficient (Wildman–Crippen LogP) is -4.39.